The Morgan fingerprint density at radius 3 is 2.24 bits per heavy atom. The topological polar surface area (TPSA) is 98.7 Å². The molecule has 0 saturated carbocycles. The van der Waals surface area contributed by atoms with Gasteiger partial charge in [-0.05, 0) is 50.6 Å². The number of aliphatic hydroxyl groups excluding tert-OH is 1. The van der Waals surface area contributed by atoms with E-state index in [2.05, 4.69) is 24.5 Å². The molecule has 0 aliphatic rings. The molecular weight excluding hydrogens is 438 g/mol. The van der Waals surface area contributed by atoms with Gasteiger partial charge < -0.3 is 15.7 Å². The first kappa shape index (κ1) is 29.6. The molecule has 1 aromatic carbocycles. The zero-order valence-electron chi connectivity index (χ0n) is 21.1. The van der Waals surface area contributed by atoms with Crippen molar-refractivity contribution in [2.45, 2.75) is 78.9 Å². The smallest absolute Gasteiger partial charge is 0.221 e. The van der Waals surface area contributed by atoms with Gasteiger partial charge in [-0.1, -0.05) is 57.5 Å². The van der Waals surface area contributed by atoms with Gasteiger partial charge >= 0.3 is 0 Å². The number of carbonyl (C=O) groups excluding carboxylic acids is 1. The van der Waals surface area contributed by atoms with Gasteiger partial charge in [0.2, 0.25) is 15.9 Å². The summed E-state index contributed by atoms with van der Waals surface area (Å²) in [6.07, 6.45) is 2.05. The van der Waals surface area contributed by atoms with E-state index in [0.29, 0.717) is 32.0 Å². The molecule has 0 unspecified atom stereocenters. The second kappa shape index (κ2) is 15.4. The van der Waals surface area contributed by atoms with Crippen LogP contribution in [0, 0.1) is 12.8 Å². The van der Waals surface area contributed by atoms with Crippen molar-refractivity contribution in [3.05, 3.63) is 35.4 Å². The molecule has 7 nitrogen and oxygen atoms in total. The third-order valence-electron chi connectivity index (χ3n) is 5.57. The summed E-state index contributed by atoms with van der Waals surface area (Å²) >= 11 is 0. The number of hydrogen-bond donors (Lipinski definition) is 3. The zero-order chi connectivity index (χ0) is 24.9. The summed E-state index contributed by atoms with van der Waals surface area (Å²) in [7, 11) is -3.49. The average molecular weight is 484 g/mol. The maximum absolute atomic E-state index is 12.7. The number of nitrogens with one attached hydrogen (secondary N) is 2. The Balaban J connectivity index is 2.77. The molecule has 0 fully saturated rings. The summed E-state index contributed by atoms with van der Waals surface area (Å²) in [4.78, 5) is 12.7. The van der Waals surface area contributed by atoms with E-state index in [1.807, 2.05) is 45.0 Å². The monoisotopic (exact) mass is 483 g/mol. The van der Waals surface area contributed by atoms with Crippen molar-refractivity contribution in [2.75, 3.05) is 31.9 Å². The van der Waals surface area contributed by atoms with Crippen molar-refractivity contribution in [2.24, 2.45) is 5.92 Å². The highest BCUT2D eigenvalue weighted by molar-refractivity contribution is 7.89. The molecule has 33 heavy (non-hydrogen) atoms. The first-order chi connectivity index (χ1) is 15.6. The average Bonchev–Trinajstić information content (AvgIpc) is 2.76. The van der Waals surface area contributed by atoms with Crippen LogP contribution in [0.5, 0.6) is 0 Å². The SMILES string of the molecule is CCCN(CCC)S(=O)(=O)CCC(=O)N[C@@H](Cc1ccc(C)cc1)[C@@H](O)CNCCC(C)C. The summed E-state index contributed by atoms with van der Waals surface area (Å²) < 4.78 is 26.8. The van der Waals surface area contributed by atoms with Crippen molar-refractivity contribution in [1.82, 2.24) is 14.9 Å². The number of benzene rings is 1. The van der Waals surface area contributed by atoms with E-state index in [4.69, 9.17) is 0 Å². The van der Waals surface area contributed by atoms with Gasteiger partial charge in [0.1, 0.15) is 0 Å². The van der Waals surface area contributed by atoms with Crippen LogP contribution in [0.3, 0.4) is 0 Å². The molecule has 0 saturated heterocycles. The van der Waals surface area contributed by atoms with E-state index in [9.17, 15) is 18.3 Å². The molecule has 0 aliphatic heterocycles. The number of aliphatic hydroxyl groups is 1. The van der Waals surface area contributed by atoms with Crippen LogP contribution in [-0.2, 0) is 21.2 Å². The molecule has 190 valence electrons. The highest BCUT2D eigenvalue weighted by atomic mass is 32.2. The normalized spacial score (nSPS) is 13.9. The molecule has 0 aliphatic carbocycles. The highest BCUT2D eigenvalue weighted by Crippen LogP contribution is 2.10. The molecule has 0 aromatic heterocycles. The summed E-state index contributed by atoms with van der Waals surface area (Å²) in [6.45, 7) is 12.3. The Bertz CT molecular complexity index is 775. The van der Waals surface area contributed by atoms with E-state index in [0.717, 1.165) is 36.9 Å². The van der Waals surface area contributed by atoms with Crippen molar-refractivity contribution >= 4 is 15.9 Å². The predicted octanol–water partition coefficient (Wildman–Crippen LogP) is 2.86. The number of rotatable bonds is 17. The molecule has 0 spiro atoms. The number of nitrogens with zero attached hydrogens (tertiary/aromatic N) is 1. The Hall–Kier alpha value is -1.48. The van der Waals surface area contributed by atoms with Gasteiger partial charge in [0, 0.05) is 26.1 Å². The second-order valence-corrected chi connectivity index (χ2v) is 11.4. The van der Waals surface area contributed by atoms with Gasteiger partial charge in [0.25, 0.3) is 0 Å². The zero-order valence-corrected chi connectivity index (χ0v) is 22.0. The van der Waals surface area contributed by atoms with Crippen LogP contribution in [0.4, 0.5) is 0 Å². The third kappa shape index (κ3) is 12.0. The molecule has 8 heteroatoms. The fourth-order valence-corrected chi connectivity index (χ4v) is 5.19. The van der Waals surface area contributed by atoms with Crippen LogP contribution in [0.25, 0.3) is 0 Å². The van der Waals surface area contributed by atoms with Crippen LogP contribution in [-0.4, -0.2) is 67.8 Å². The van der Waals surface area contributed by atoms with Gasteiger partial charge in [-0.3, -0.25) is 4.79 Å². The maximum atomic E-state index is 12.7. The quantitative estimate of drug-likeness (QED) is 0.296. The van der Waals surface area contributed by atoms with Gasteiger partial charge in [0.15, 0.2) is 0 Å². The van der Waals surface area contributed by atoms with E-state index in [-0.39, 0.29) is 18.1 Å². The molecule has 1 rings (SSSR count). The Morgan fingerprint density at radius 1 is 1.09 bits per heavy atom. The van der Waals surface area contributed by atoms with Crippen LogP contribution in [0.2, 0.25) is 0 Å². The summed E-state index contributed by atoms with van der Waals surface area (Å²) in [5.41, 5.74) is 2.15. The highest BCUT2D eigenvalue weighted by Gasteiger charge is 2.25. The van der Waals surface area contributed by atoms with Gasteiger partial charge in [0.05, 0.1) is 17.9 Å². The lowest BCUT2D eigenvalue weighted by Gasteiger charge is -2.25. The van der Waals surface area contributed by atoms with Crippen molar-refractivity contribution in [3.63, 3.8) is 0 Å². The Kier molecular flexibility index (Phi) is 13.8. The number of sulfonamides is 1. The minimum Gasteiger partial charge on any atom is -0.390 e. The molecule has 3 N–H and O–H groups in total. The van der Waals surface area contributed by atoms with Crippen LogP contribution in [0.1, 0.15) is 64.5 Å². The lowest BCUT2D eigenvalue weighted by atomic mass is 10.00. The fourth-order valence-electron chi connectivity index (χ4n) is 3.56. The standard InChI is InChI=1S/C25H45N3O4S/c1-6-15-28(16-7-2)33(31,32)17-13-25(30)27-23(18-22-10-8-21(5)9-11-22)24(29)19-26-14-12-20(3)4/h8-11,20,23-24,26,29H,6-7,12-19H2,1-5H3,(H,27,30)/t23-,24-/m0/s1. The van der Waals surface area contributed by atoms with E-state index in [1.165, 1.54) is 4.31 Å². The third-order valence-corrected chi connectivity index (χ3v) is 7.44. The Labute approximate surface area is 201 Å². The maximum Gasteiger partial charge on any atom is 0.221 e. The summed E-state index contributed by atoms with van der Waals surface area (Å²) in [5.74, 6) is -0.0109. The van der Waals surface area contributed by atoms with E-state index >= 15 is 0 Å². The molecule has 0 radical (unpaired) electrons. The summed E-state index contributed by atoms with van der Waals surface area (Å²) in [5, 5.41) is 16.9. The number of amides is 1. The molecule has 2 atom stereocenters. The molecule has 0 bridgehead atoms. The first-order valence-corrected chi connectivity index (χ1v) is 13.9. The molecule has 1 amide bonds. The summed E-state index contributed by atoms with van der Waals surface area (Å²) in [6, 6.07) is 7.49. The van der Waals surface area contributed by atoms with E-state index < -0.39 is 22.2 Å². The second-order valence-electron chi connectivity index (χ2n) is 9.28. The molecular formula is C25H45N3O4S. The van der Waals surface area contributed by atoms with Gasteiger partial charge in [-0.15, -0.1) is 0 Å². The number of hydrogen-bond acceptors (Lipinski definition) is 5. The number of aryl methyl sites for hydroxylation is 1. The fraction of sp³-hybridized carbons (Fsp3) is 0.720. The van der Waals surface area contributed by atoms with E-state index in [1.54, 1.807) is 0 Å². The van der Waals surface area contributed by atoms with Crippen LogP contribution < -0.4 is 10.6 Å². The number of carbonyl (C=O) groups is 1. The van der Waals surface area contributed by atoms with Crippen molar-refractivity contribution in [1.29, 1.82) is 0 Å². The largest absolute Gasteiger partial charge is 0.390 e. The minimum absolute atomic E-state index is 0.121. The van der Waals surface area contributed by atoms with Crippen molar-refractivity contribution < 1.29 is 18.3 Å². The van der Waals surface area contributed by atoms with Crippen LogP contribution in [0.15, 0.2) is 24.3 Å². The van der Waals surface area contributed by atoms with Crippen molar-refractivity contribution in [3.8, 4) is 0 Å². The predicted molar refractivity (Wildman–Crippen MR) is 136 cm³/mol. The van der Waals surface area contributed by atoms with Gasteiger partial charge in [-0.2, -0.15) is 0 Å². The molecule has 1 aromatic rings. The van der Waals surface area contributed by atoms with Crippen LogP contribution >= 0.6 is 0 Å². The lowest BCUT2D eigenvalue weighted by Crippen LogP contribution is -2.49. The first-order valence-electron chi connectivity index (χ1n) is 12.3. The minimum atomic E-state index is -3.49. The van der Waals surface area contributed by atoms with Gasteiger partial charge in [-0.25, -0.2) is 12.7 Å². The lowest BCUT2D eigenvalue weighted by molar-refractivity contribution is -0.122. The molecule has 0 heterocycles. The Morgan fingerprint density at radius 2 is 1.70 bits per heavy atom.